The van der Waals surface area contributed by atoms with Crippen molar-refractivity contribution < 1.29 is 14.2 Å². The second kappa shape index (κ2) is 7.52. The van der Waals surface area contributed by atoms with Gasteiger partial charge in [-0.25, -0.2) is 0 Å². The molecule has 0 spiro atoms. The van der Waals surface area contributed by atoms with E-state index in [2.05, 4.69) is 17.3 Å². The van der Waals surface area contributed by atoms with Gasteiger partial charge in [-0.15, -0.1) is 0 Å². The highest BCUT2D eigenvalue weighted by molar-refractivity contribution is 5.53. The van der Waals surface area contributed by atoms with Gasteiger partial charge in [0.05, 0.1) is 21.3 Å². The highest BCUT2D eigenvalue weighted by atomic mass is 16.5. The molecular weight excluding hydrogens is 268 g/mol. The van der Waals surface area contributed by atoms with Crippen LogP contribution in [0.5, 0.6) is 17.2 Å². The standard InChI is InChI=1S/C16H26N2O3/c1-18(13-5-6-13)8-7-17-11-12-9-14(19-2)16(21-4)15(10-12)20-3/h9-10,13,17H,5-8,11H2,1-4H3. The Labute approximate surface area is 127 Å². The van der Waals surface area contributed by atoms with E-state index in [0.717, 1.165) is 31.2 Å². The Morgan fingerprint density at radius 1 is 1.10 bits per heavy atom. The third kappa shape index (κ3) is 4.25. The molecule has 1 saturated carbocycles. The lowest BCUT2D eigenvalue weighted by atomic mass is 10.1. The van der Waals surface area contributed by atoms with Crippen LogP contribution in [0.2, 0.25) is 0 Å². The SMILES string of the molecule is COc1cc(CNCCN(C)C2CC2)cc(OC)c1OC. The average molecular weight is 294 g/mol. The molecule has 1 aromatic carbocycles. The lowest BCUT2D eigenvalue weighted by Crippen LogP contribution is -2.30. The fourth-order valence-electron chi connectivity index (χ4n) is 2.42. The summed E-state index contributed by atoms with van der Waals surface area (Å²) < 4.78 is 16.1. The molecule has 0 amide bonds. The van der Waals surface area contributed by atoms with Crippen molar-refractivity contribution in [1.29, 1.82) is 0 Å². The number of ether oxygens (including phenoxy) is 3. The molecule has 1 aliphatic carbocycles. The summed E-state index contributed by atoms with van der Waals surface area (Å²) in [7, 11) is 7.09. The largest absolute Gasteiger partial charge is 0.493 e. The lowest BCUT2D eigenvalue weighted by Gasteiger charge is -2.17. The maximum absolute atomic E-state index is 5.36. The fraction of sp³-hybridized carbons (Fsp3) is 0.625. The molecular formula is C16H26N2O3. The Bertz CT molecular complexity index is 436. The van der Waals surface area contributed by atoms with Crippen molar-refractivity contribution in [1.82, 2.24) is 10.2 Å². The molecule has 0 aliphatic heterocycles. The molecule has 1 aromatic rings. The summed E-state index contributed by atoms with van der Waals surface area (Å²) in [5.74, 6) is 2.03. The molecule has 21 heavy (non-hydrogen) atoms. The zero-order valence-electron chi connectivity index (χ0n) is 13.4. The van der Waals surface area contributed by atoms with Crippen LogP contribution in [0.3, 0.4) is 0 Å². The monoisotopic (exact) mass is 294 g/mol. The Hall–Kier alpha value is -1.46. The van der Waals surface area contributed by atoms with Gasteiger partial charge < -0.3 is 24.4 Å². The van der Waals surface area contributed by atoms with E-state index in [9.17, 15) is 0 Å². The number of methoxy groups -OCH3 is 3. The summed E-state index contributed by atoms with van der Waals surface area (Å²) in [6.07, 6.45) is 2.70. The van der Waals surface area contributed by atoms with E-state index in [0.29, 0.717) is 17.2 Å². The van der Waals surface area contributed by atoms with Gasteiger partial charge in [0.25, 0.3) is 0 Å². The zero-order chi connectivity index (χ0) is 15.2. The van der Waals surface area contributed by atoms with Crippen molar-refractivity contribution in [2.45, 2.75) is 25.4 Å². The van der Waals surface area contributed by atoms with E-state index in [1.165, 1.54) is 12.8 Å². The Kier molecular flexibility index (Phi) is 5.70. The summed E-state index contributed by atoms with van der Waals surface area (Å²) in [4.78, 5) is 2.42. The smallest absolute Gasteiger partial charge is 0.203 e. The summed E-state index contributed by atoms with van der Waals surface area (Å²) in [5, 5.41) is 3.46. The first-order chi connectivity index (χ1) is 10.2. The van der Waals surface area contributed by atoms with Crippen LogP contribution in [0.1, 0.15) is 18.4 Å². The average Bonchev–Trinajstić information content (AvgIpc) is 3.34. The molecule has 0 aromatic heterocycles. The Balaban J connectivity index is 1.89. The molecule has 1 aliphatic rings. The summed E-state index contributed by atoms with van der Waals surface area (Å²) in [6.45, 7) is 2.84. The molecule has 5 heteroatoms. The normalized spacial score (nSPS) is 14.3. The minimum Gasteiger partial charge on any atom is -0.493 e. The topological polar surface area (TPSA) is 43.0 Å². The highest BCUT2D eigenvalue weighted by Gasteiger charge is 2.25. The first-order valence-corrected chi connectivity index (χ1v) is 7.39. The second-order valence-corrected chi connectivity index (χ2v) is 5.42. The summed E-state index contributed by atoms with van der Waals surface area (Å²) in [5.41, 5.74) is 1.12. The van der Waals surface area contributed by atoms with Gasteiger partial charge in [-0.1, -0.05) is 0 Å². The van der Waals surface area contributed by atoms with Gasteiger partial charge in [0.1, 0.15) is 0 Å². The van der Waals surface area contributed by atoms with Crippen LogP contribution in [0.25, 0.3) is 0 Å². The van der Waals surface area contributed by atoms with Gasteiger partial charge in [0.2, 0.25) is 5.75 Å². The number of nitrogens with zero attached hydrogens (tertiary/aromatic N) is 1. The number of rotatable bonds is 9. The molecule has 0 unspecified atom stereocenters. The van der Waals surface area contributed by atoms with Crippen molar-refractivity contribution in [2.75, 3.05) is 41.5 Å². The van der Waals surface area contributed by atoms with Gasteiger partial charge in [0.15, 0.2) is 11.5 Å². The number of likely N-dealkylation sites (N-methyl/N-ethyl adjacent to an activating group) is 1. The van der Waals surface area contributed by atoms with Gasteiger partial charge in [0, 0.05) is 25.7 Å². The van der Waals surface area contributed by atoms with Crippen LogP contribution >= 0.6 is 0 Å². The molecule has 1 N–H and O–H groups in total. The summed E-state index contributed by atoms with van der Waals surface area (Å²) >= 11 is 0. The van der Waals surface area contributed by atoms with Crippen LogP contribution in [-0.4, -0.2) is 52.4 Å². The molecule has 0 bridgehead atoms. The van der Waals surface area contributed by atoms with E-state index in [4.69, 9.17) is 14.2 Å². The second-order valence-electron chi connectivity index (χ2n) is 5.42. The molecule has 1 fully saturated rings. The zero-order valence-corrected chi connectivity index (χ0v) is 13.4. The first-order valence-electron chi connectivity index (χ1n) is 7.39. The number of nitrogens with one attached hydrogen (secondary N) is 1. The predicted octanol–water partition coefficient (Wildman–Crippen LogP) is 1.90. The number of benzene rings is 1. The molecule has 118 valence electrons. The Morgan fingerprint density at radius 3 is 2.19 bits per heavy atom. The van der Waals surface area contributed by atoms with Gasteiger partial charge in [-0.2, -0.15) is 0 Å². The minimum atomic E-state index is 0.636. The van der Waals surface area contributed by atoms with Gasteiger partial charge in [-0.05, 0) is 37.6 Å². The van der Waals surface area contributed by atoms with Crippen molar-refractivity contribution in [3.05, 3.63) is 17.7 Å². The van der Waals surface area contributed by atoms with Crippen LogP contribution in [0.15, 0.2) is 12.1 Å². The van der Waals surface area contributed by atoms with Gasteiger partial charge >= 0.3 is 0 Å². The maximum atomic E-state index is 5.36. The van der Waals surface area contributed by atoms with Crippen molar-refractivity contribution >= 4 is 0 Å². The molecule has 0 saturated heterocycles. The van der Waals surface area contributed by atoms with E-state index in [1.807, 2.05) is 12.1 Å². The van der Waals surface area contributed by atoms with Crippen LogP contribution < -0.4 is 19.5 Å². The molecule has 0 atom stereocenters. The predicted molar refractivity (Wildman–Crippen MR) is 83.5 cm³/mol. The van der Waals surface area contributed by atoms with Crippen molar-refractivity contribution in [2.24, 2.45) is 0 Å². The van der Waals surface area contributed by atoms with E-state index in [1.54, 1.807) is 21.3 Å². The third-order valence-corrected chi connectivity index (χ3v) is 3.87. The first kappa shape index (κ1) is 15.9. The van der Waals surface area contributed by atoms with E-state index in [-0.39, 0.29) is 0 Å². The van der Waals surface area contributed by atoms with Crippen molar-refractivity contribution in [3.8, 4) is 17.2 Å². The molecule has 5 nitrogen and oxygen atoms in total. The van der Waals surface area contributed by atoms with E-state index >= 15 is 0 Å². The van der Waals surface area contributed by atoms with Crippen LogP contribution in [0.4, 0.5) is 0 Å². The van der Waals surface area contributed by atoms with E-state index < -0.39 is 0 Å². The quantitative estimate of drug-likeness (QED) is 0.705. The Morgan fingerprint density at radius 2 is 1.71 bits per heavy atom. The number of hydrogen-bond donors (Lipinski definition) is 1. The molecule has 0 heterocycles. The minimum absolute atomic E-state index is 0.636. The molecule has 2 rings (SSSR count). The third-order valence-electron chi connectivity index (χ3n) is 3.87. The summed E-state index contributed by atoms with van der Waals surface area (Å²) in [6, 6.07) is 4.78. The van der Waals surface area contributed by atoms with Crippen molar-refractivity contribution in [3.63, 3.8) is 0 Å². The van der Waals surface area contributed by atoms with Gasteiger partial charge in [-0.3, -0.25) is 0 Å². The lowest BCUT2D eigenvalue weighted by molar-refractivity contribution is 0.319. The highest BCUT2D eigenvalue weighted by Crippen LogP contribution is 2.38. The number of hydrogen-bond acceptors (Lipinski definition) is 5. The van der Waals surface area contributed by atoms with Crippen LogP contribution in [-0.2, 0) is 6.54 Å². The maximum Gasteiger partial charge on any atom is 0.203 e. The molecule has 0 radical (unpaired) electrons. The van der Waals surface area contributed by atoms with Crippen LogP contribution in [0, 0.1) is 0 Å². The fourth-order valence-corrected chi connectivity index (χ4v) is 2.42.